The average molecular weight is 373 g/mol. The Bertz CT molecular complexity index is 747. The van der Waals surface area contributed by atoms with E-state index in [1.54, 1.807) is 6.92 Å². The summed E-state index contributed by atoms with van der Waals surface area (Å²) in [6, 6.07) is 9.94. The summed E-state index contributed by atoms with van der Waals surface area (Å²) in [5.74, 6) is 0.0979. The summed E-state index contributed by atoms with van der Waals surface area (Å²) in [4.78, 5) is 16.3. The van der Waals surface area contributed by atoms with Gasteiger partial charge in [0.1, 0.15) is 5.76 Å². The Labute approximate surface area is 159 Å². The van der Waals surface area contributed by atoms with Crippen LogP contribution in [0.15, 0.2) is 34.7 Å². The van der Waals surface area contributed by atoms with Crippen molar-refractivity contribution in [3.05, 3.63) is 41.8 Å². The molecule has 1 fully saturated rings. The van der Waals surface area contributed by atoms with Crippen molar-refractivity contribution in [2.24, 2.45) is 5.92 Å². The van der Waals surface area contributed by atoms with Crippen LogP contribution in [0.2, 0.25) is 0 Å². The van der Waals surface area contributed by atoms with E-state index in [1.165, 1.54) is 7.11 Å². The van der Waals surface area contributed by atoms with Crippen LogP contribution in [0.1, 0.15) is 37.6 Å². The molecular formula is C21H27NO5. The molecule has 1 aromatic carbocycles. The summed E-state index contributed by atoms with van der Waals surface area (Å²) in [6.07, 6.45) is 3.93. The molecule has 0 radical (unpaired) electrons. The van der Waals surface area contributed by atoms with E-state index in [-0.39, 0.29) is 0 Å². The molecule has 2 heterocycles. The summed E-state index contributed by atoms with van der Waals surface area (Å²) in [5.41, 5.74) is 2.01. The van der Waals surface area contributed by atoms with Crippen molar-refractivity contribution in [2.75, 3.05) is 20.3 Å². The van der Waals surface area contributed by atoms with E-state index >= 15 is 0 Å². The molecule has 0 N–H and O–H groups in total. The van der Waals surface area contributed by atoms with Crippen molar-refractivity contribution in [2.45, 2.75) is 45.3 Å². The second kappa shape index (κ2) is 8.67. The largest absolute Gasteiger partial charge is 0.465 e. The number of hydrogen-bond donors (Lipinski definition) is 0. The Kier molecular flexibility index (Phi) is 6.29. The summed E-state index contributed by atoms with van der Waals surface area (Å²) in [6.45, 7) is 4.58. The first-order valence-electron chi connectivity index (χ1n) is 9.40. The lowest BCUT2D eigenvalue weighted by Gasteiger charge is -2.35. The molecule has 6 nitrogen and oxygen atoms in total. The van der Waals surface area contributed by atoms with Crippen molar-refractivity contribution in [1.82, 2.24) is 4.98 Å². The van der Waals surface area contributed by atoms with Crippen LogP contribution in [0.3, 0.4) is 0 Å². The highest BCUT2D eigenvalue weighted by molar-refractivity contribution is 5.77. The zero-order valence-electron chi connectivity index (χ0n) is 16.2. The fourth-order valence-corrected chi connectivity index (χ4v) is 3.20. The Morgan fingerprint density at radius 1 is 1.22 bits per heavy atom. The van der Waals surface area contributed by atoms with Gasteiger partial charge >= 0.3 is 5.97 Å². The molecule has 27 heavy (non-hydrogen) atoms. The van der Waals surface area contributed by atoms with E-state index in [2.05, 4.69) is 4.98 Å². The van der Waals surface area contributed by atoms with Crippen LogP contribution in [-0.4, -0.2) is 37.1 Å². The molecule has 3 rings (SSSR count). The molecule has 1 aliphatic heterocycles. The number of aromatic nitrogens is 1. The number of oxazole rings is 1. The monoisotopic (exact) mass is 373 g/mol. The van der Waals surface area contributed by atoms with Crippen LogP contribution in [0.5, 0.6) is 0 Å². The van der Waals surface area contributed by atoms with Crippen LogP contribution in [0, 0.1) is 12.8 Å². The van der Waals surface area contributed by atoms with Gasteiger partial charge in [0, 0.05) is 18.4 Å². The quantitative estimate of drug-likeness (QED) is 0.541. The van der Waals surface area contributed by atoms with E-state index in [0.29, 0.717) is 25.0 Å². The summed E-state index contributed by atoms with van der Waals surface area (Å²) < 4.78 is 21.7. The first kappa shape index (κ1) is 19.6. The number of esters is 1. The van der Waals surface area contributed by atoms with Gasteiger partial charge < -0.3 is 18.6 Å². The number of carbonyl (C=O) groups excluding carboxylic acids is 1. The SMILES string of the molecule is COC(=O)[C@]1(C)OC[C@H](CCCCc2nc(-c3ccccc3)oc2C)CO1. The number of unbranched alkanes of at least 4 members (excludes halogenated alkanes) is 1. The molecule has 0 spiro atoms. The van der Waals surface area contributed by atoms with Crippen LogP contribution in [0.4, 0.5) is 0 Å². The van der Waals surface area contributed by atoms with Crippen LogP contribution in [-0.2, 0) is 25.4 Å². The lowest BCUT2D eigenvalue weighted by molar-refractivity contribution is -0.272. The summed E-state index contributed by atoms with van der Waals surface area (Å²) in [5, 5.41) is 0. The van der Waals surface area contributed by atoms with Crippen molar-refractivity contribution in [1.29, 1.82) is 0 Å². The van der Waals surface area contributed by atoms with Gasteiger partial charge in [0.05, 0.1) is 26.0 Å². The molecule has 1 aliphatic rings. The Morgan fingerprint density at radius 3 is 2.59 bits per heavy atom. The third kappa shape index (κ3) is 4.76. The molecule has 146 valence electrons. The molecule has 0 saturated carbocycles. The number of ether oxygens (including phenoxy) is 3. The molecule has 1 aromatic heterocycles. The molecule has 6 heteroatoms. The van der Waals surface area contributed by atoms with Gasteiger partial charge in [-0.25, -0.2) is 9.78 Å². The summed E-state index contributed by atoms with van der Waals surface area (Å²) in [7, 11) is 1.33. The molecule has 0 bridgehead atoms. The van der Waals surface area contributed by atoms with E-state index in [9.17, 15) is 4.79 Å². The predicted molar refractivity (Wildman–Crippen MR) is 100 cm³/mol. The maximum atomic E-state index is 11.7. The average Bonchev–Trinajstić information content (AvgIpc) is 3.07. The minimum absolute atomic E-state index is 0.293. The van der Waals surface area contributed by atoms with Gasteiger partial charge in [-0.1, -0.05) is 24.6 Å². The third-order valence-electron chi connectivity index (χ3n) is 4.93. The number of aryl methyl sites for hydroxylation is 2. The van der Waals surface area contributed by atoms with Crippen molar-refractivity contribution in [3.8, 4) is 11.5 Å². The van der Waals surface area contributed by atoms with Crippen LogP contribution in [0.25, 0.3) is 11.5 Å². The zero-order valence-corrected chi connectivity index (χ0v) is 16.2. The standard InChI is InChI=1S/C21H27NO5/c1-15-18(22-19(27-15)17-10-5-4-6-11-17)12-8-7-9-16-13-25-21(2,26-14-16)20(23)24-3/h4-6,10-11,16H,7-9,12-14H2,1-3H3/t16-,21+. The molecular weight excluding hydrogens is 346 g/mol. The third-order valence-corrected chi connectivity index (χ3v) is 4.93. The molecule has 2 aromatic rings. The first-order valence-corrected chi connectivity index (χ1v) is 9.40. The Hall–Kier alpha value is -2.18. The van der Waals surface area contributed by atoms with E-state index < -0.39 is 11.8 Å². The van der Waals surface area contributed by atoms with Gasteiger partial charge in [-0.3, -0.25) is 0 Å². The smallest absolute Gasteiger partial charge is 0.366 e. The lowest BCUT2D eigenvalue weighted by Crippen LogP contribution is -2.48. The Balaban J connectivity index is 1.43. The van der Waals surface area contributed by atoms with Crippen molar-refractivity contribution in [3.63, 3.8) is 0 Å². The fourth-order valence-electron chi connectivity index (χ4n) is 3.20. The maximum Gasteiger partial charge on any atom is 0.366 e. The number of hydrogen-bond acceptors (Lipinski definition) is 6. The molecule has 1 saturated heterocycles. The van der Waals surface area contributed by atoms with Gasteiger partial charge in [0.15, 0.2) is 0 Å². The van der Waals surface area contributed by atoms with Gasteiger partial charge in [0.25, 0.3) is 5.79 Å². The van der Waals surface area contributed by atoms with E-state index in [0.717, 1.165) is 42.7 Å². The minimum atomic E-state index is -1.27. The minimum Gasteiger partial charge on any atom is -0.465 e. The van der Waals surface area contributed by atoms with Crippen LogP contribution < -0.4 is 0 Å². The number of carbonyl (C=O) groups is 1. The highest BCUT2D eigenvalue weighted by Gasteiger charge is 2.41. The maximum absolute atomic E-state index is 11.7. The number of benzene rings is 1. The van der Waals surface area contributed by atoms with E-state index in [1.807, 2.05) is 37.3 Å². The van der Waals surface area contributed by atoms with Crippen LogP contribution >= 0.6 is 0 Å². The van der Waals surface area contributed by atoms with Gasteiger partial charge in [-0.05, 0) is 38.3 Å². The zero-order chi connectivity index (χ0) is 19.3. The Morgan fingerprint density at radius 2 is 1.93 bits per heavy atom. The second-order valence-electron chi connectivity index (χ2n) is 7.06. The molecule has 0 atom stereocenters. The van der Waals surface area contributed by atoms with E-state index in [4.69, 9.17) is 18.6 Å². The first-order chi connectivity index (χ1) is 13.0. The number of nitrogens with zero attached hydrogens (tertiary/aromatic N) is 1. The summed E-state index contributed by atoms with van der Waals surface area (Å²) >= 11 is 0. The molecule has 0 amide bonds. The van der Waals surface area contributed by atoms with Gasteiger partial charge in [-0.2, -0.15) is 0 Å². The second-order valence-corrected chi connectivity index (χ2v) is 7.06. The normalized spacial score (nSPS) is 22.6. The fraction of sp³-hybridized carbons (Fsp3) is 0.524. The van der Waals surface area contributed by atoms with Crippen molar-refractivity contribution >= 4 is 5.97 Å². The van der Waals surface area contributed by atoms with Gasteiger partial charge in [-0.15, -0.1) is 0 Å². The molecule has 0 unspecified atom stereocenters. The highest BCUT2D eigenvalue weighted by Crippen LogP contribution is 2.26. The van der Waals surface area contributed by atoms with Gasteiger partial charge in [0.2, 0.25) is 5.89 Å². The number of methoxy groups -OCH3 is 1. The highest BCUT2D eigenvalue weighted by atomic mass is 16.7. The number of rotatable bonds is 7. The molecule has 0 aliphatic carbocycles. The predicted octanol–water partition coefficient (Wildman–Crippen LogP) is 3.92. The van der Waals surface area contributed by atoms with Crippen molar-refractivity contribution < 1.29 is 23.4 Å². The topological polar surface area (TPSA) is 70.8 Å². The lowest BCUT2D eigenvalue weighted by atomic mass is 10.0.